The van der Waals surface area contributed by atoms with E-state index in [1.807, 2.05) is 52.9 Å². The third kappa shape index (κ3) is 4.28. The summed E-state index contributed by atoms with van der Waals surface area (Å²) in [6.07, 6.45) is 5.65. The van der Waals surface area contributed by atoms with Crippen LogP contribution < -0.4 is 5.32 Å². The van der Waals surface area contributed by atoms with Gasteiger partial charge in [-0.15, -0.1) is 10.2 Å². The van der Waals surface area contributed by atoms with Crippen LogP contribution in [0.15, 0.2) is 47.9 Å². The first-order valence-electron chi connectivity index (χ1n) is 8.35. The van der Waals surface area contributed by atoms with Gasteiger partial charge in [0.05, 0.1) is 5.75 Å². The molecule has 1 N–H and O–H groups in total. The number of amides is 1. The van der Waals surface area contributed by atoms with E-state index in [2.05, 4.69) is 22.4 Å². The van der Waals surface area contributed by atoms with E-state index in [0.717, 1.165) is 24.2 Å². The summed E-state index contributed by atoms with van der Waals surface area (Å²) in [5.74, 6) is 0.989. The number of nitrogens with zero attached hydrogens (tertiary/aromatic N) is 4. The molecule has 8 heteroatoms. The molecule has 0 aliphatic heterocycles. The van der Waals surface area contributed by atoms with Crippen LogP contribution in [-0.4, -0.2) is 31.2 Å². The van der Waals surface area contributed by atoms with Crippen molar-refractivity contribution in [2.45, 2.75) is 31.8 Å². The first-order valence-corrected chi connectivity index (χ1v) is 9.71. The molecule has 0 saturated carbocycles. The Morgan fingerprint density at radius 1 is 1.27 bits per heavy atom. The number of halogens is 1. The molecule has 1 aromatic carbocycles. The number of anilines is 1. The standard InChI is InChI=1S/C18H20ClN5OS/c1-3-6-16-21-22-18(24(16)23-9-4-5-10-23)26-12-17(25)20-14-8-7-13(2)15(19)11-14/h4-5,7-11H,3,6,12H2,1-2H3,(H,20,25). The van der Waals surface area contributed by atoms with Gasteiger partial charge < -0.3 is 5.32 Å². The van der Waals surface area contributed by atoms with Crippen molar-refractivity contribution in [1.82, 2.24) is 19.5 Å². The quantitative estimate of drug-likeness (QED) is 0.619. The smallest absolute Gasteiger partial charge is 0.234 e. The van der Waals surface area contributed by atoms with Crippen molar-refractivity contribution in [3.05, 3.63) is 59.1 Å². The molecule has 3 rings (SSSR count). The van der Waals surface area contributed by atoms with Gasteiger partial charge in [0.1, 0.15) is 0 Å². The Balaban J connectivity index is 1.69. The molecule has 6 nitrogen and oxygen atoms in total. The monoisotopic (exact) mass is 389 g/mol. The number of thioether (sulfide) groups is 1. The largest absolute Gasteiger partial charge is 0.325 e. The van der Waals surface area contributed by atoms with Crippen molar-refractivity contribution in [2.75, 3.05) is 11.1 Å². The summed E-state index contributed by atoms with van der Waals surface area (Å²) < 4.78 is 3.86. The molecular formula is C18H20ClN5OS. The molecule has 2 heterocycles. The van der Waals surface area contributed by atoms with E-state index in [-0.39, 0.29) is 11.7 Å². The normalized spacial score (nSPS) is 10.9. The van der Waals surface area contributed by atoms with Gasteiger partial charge in [0.2, 0.25) is 11.1 Å². The summed E-state index contributed by atoms with van der Waals surface area (Å²) in [7, 11) is 0. The number of hydrogen-bond acceptors (Lipinski definition) is 4. The molecular weight excluding hydrogens is 370 g/mol. The lowest BCUT2D eigenvalue weighted by molar-refractivity contribution is -0.113. The molecule has 0 radical (unpaired) electrons. The maximum atomic E-state index is 12.3. The molecule has 0 spiro atoms. The summed E-state index contributed by atoms with van der Waals surface area (Å²) in [4.78, 5) is 12.3. The molecule has 0 bridgehead atoms. The van der Waals surface area contributed by atoms with Crippen LogP contribution in [0, 0.1) is 6.92 Å². The Morgan fingerprint density at radius 3 is 2.73 bits per heavy atom. The van der Waals surface area contributed by atoms with E-state index in [1.54, 1.807) is 6.07 Å². The van der Waals surface area contributed by atoms with Crippen LogP contribution in [0.4, 0.5) is 5.69 Å². The second kappa shape index (κ2) is 8.42. The summed E-state index contributed by atoms with van der Waals surface area (Å²) in [5, 5.41) is 12.7. The predicted molar refractivity (Wildman–Crippen MR) is 105 cm³/mol. The maximum absolute atomic E-state index is 12.3. The minimum atomic E-state index is -0.117. The fourth-order valence-corrected chi connectivity index (χ4v) is 3.39. The van der Waals surface area contributed by atoms with Gasteiger partial charge in [-0.3, -0.25) is 9.47 Å². The first-order chi connectivity index (χ1) is 12.6. The highest BCUT2D eigenvalue weighted by Crippen LogP contribution is 2.22. The van der Waals surface area contributed by atoms with Crippen molar-refractivity contribution in [3.8, 4) is 0 Å². The van der Waals surface area contributed by atoms with Crippen LogP contribution >= 0.6 is 23.4 Å². The fraction of sp³-hybridized carbons (Fsp3) is 0.278. The number of rotatable bonds is 7. The number of carbonyl (C=O) groups excluding carboxylic acids is 1. The van der Waals surface area contributed by atoms with Crippen molar-refractivity contribution < 1.29 is 4.79 Å². The van der Waals surface area contributed by atoms with Crippen LogP contribution in [0.5, 0.6) is 0 Å². The van der Waals surface area contributed by atoms with Gasteiger partial charge in [0.25, 0.3) is 0 Å². The fourth-order valence-electron chi connectivity index (χ4n) is 2.45. The third-order valence-corrected chi connectivity index (χ3v) is 5.08. The SMILES string of the molecule is CCCc1nnc(SCC(=O)Nc2ccc(C)c(Cl)c2)n1-n1cccc1. The molecule has 0 fully saturated rings. The summed E-state index contributed by atoms with van der Waals surface area (Å²) in [6, 6.07) is 9.35. The molecule has 136 valence electrons. The second-order valence-electron chi connectivity index (χ2n) is 5.82. The number of aryl methyl sites for hydroxylation is 2. The molecule has 0 atom stereocenters. The summed E-state index contributed by atoms with van der Waals surface area (Å²) >= 11 is 7.45. The lowest BCUT2D eigenvalue weighted by Gasteiger charge is -2.11. The molecule has 0 aliphatic carbocycles. The molecule has 0 unspecified atom stereocenters. The minimum Gasteiger partial charge on any atom is -0.325 e. The Morgan fingerprint density at radius 2 is 2.04 bits per heavy atom. The van der Waals surface area contributed by atoms with Gasteiger partial charge in [-0.25, -0.2) is 4.68 Å². The highest BCUT2D eigenvalue weighted by atomic mass is 35.5. The highest BCUT2D eigenvalue weighted by Gasteiger charge is 2.15. The Kier molecular flexibility index (Phi) is 6.00. The van der Waals surface area contributed by atoms with Crippen LogP contribution in [-0.2, 0) is 11.2 Å². The molecule has 0 aliphatic rings. The van der Waals surface area contributed by atoms with Gasteiger partial charge in [-0.05, 0) is 43.2 Å². The molecule has 26 heavy (non-hydrogen) atoms. The Bertz CT molecular complexity index is 891. The van der Waals surface area contributed by atoms with Gasteiger partial charge in [0.15, 0.2) is 5.82 Å². The minimum absolute atomic E-state index is 0.117. The van der Waals surface area contributed by atoms with Crippen molar-refractivity contribution in [2.24, 2.45) is 0 Å². The van der Waals surface area contributed by atoms with Crippen LogP contribution in [0.25, 0.3) is 0 Å². The van der Waals surface area contributed by atoms with Gasteiger partial charge >= 0.3 is 0 Å². The summed E-state index contributed by atoms with van der Waals surface area (Å²) in [6.45, 7) is 4.02. The average molecular weight is 390 g/mol. The first kappa shape index (κ1) is 18.5. The van der Waals surface area contributed by atoms with Gasteiger partial charge in [0, 0.05) is 29.5 Å². The molecule has 1 amide bonds. The van der Waals surface area contributed by atoms with Crippen LogP contribution in [0.2, 0.25) is 5.02 Å². The number of nitrogens with one attached hydrogen (secondary N) is 1. The van der Waals surface area contributed by atoms with E-state index in [4.69, 9.17) is 11.6 Å². The number of hydrogen-bond donors (Lipinski definition) is 1. The lowest BCUT2D eigenvalue weighted by atomic mass is 10.2. The van der Waals surface area contributed by atoms with Gasteiger partial charge in [-0.1, -0.05) is 36.4 Å². The number of carbonyl (C=O) groups is 1. The Hall–Kier alpha value is -2.25. The zero-order valence-electron chi connectivity index (χ0n) is 14.6. The average Bonchev–Trinajstić information content (AvgIpc) is 3.26. The lowest BCUT2D eigenvalue weighted by Crippen LogP contribution is -2.16. The maximum Gasteiger partial charge on any atom is 0.234 e. The number of benzene rings is 1. The zero-order valence-corrected chi connectivity index (χ0v) is 16.2. The highest BCUT2D eigenvalue weighted by molar-refractivity contribution is 7.99. The third-order valence-electron chi connectivity index (χ3n) is 3.76. The van der Waals surface area contributed by atoms with Crippen molar-refractivity contribution in [3.63, 3.8) is 0 Å². The molecule has 3 aromatic rings. The topological polar surface area (TPSA) is 64.7 Å². The predicted octanol–water partition coefficient (Wildman–Crippen LogP) is 4.04. The molecule has 2 aromatic heterocycles. The second-order valence-corrected chi connectivity index (χ2v) is 7.17. The van der Waals surface area contributed by atoms with E-state index >= 15 is 0 Å². The van der Waals surface area contributed by atoms with E-state index in [0.29, 0.717) is 15.9 Å². The van der Waals surface area contributed by atoms with Gasteiger partial charge in [-0.2, -0.15) is 0 Å². The van der Waals surface area contributed by atoms with E-state index in [9.17, 15) is 4.79 Å². The number of aromatic nitrogens is 4. The van der Waals surface area contributed by atoms with Crippen LogP contribution in [0.3, 0.4) is 0 Å². The van der Waals surface area contributed by atoms with Crippen molar-refractivity contribution in [1.29, 1.82) is 0 Å². The van der Waals surface area contributed by atoms with E-state index in [1.165, 1.54) is 11.8 Å². The van der Waals surface area contributed by atoms with E-state index < -0.39 is 0 Å². The van der Waals surface area contributed by atoms with Crippen molar-refractivity contribution >= 4 is 35.0 Å². The Labute approximate surface area is 161 Å². The zero-order chi connectivity index (χ0) is 18.5. The summed E-state index contributed by atoms with van der Waals surface area (Å²) in [5.41, 5.74) is 1.66. The molecule has 0 saturated heterocycles. The van der Waals surface area contributed by atoms with Crippen LogP contribution in [0.1, 0.15) is 24.7 Å².